The SMILES string of the molecule is CCCCn1c(N)c(N(CC)C(=O)[C@@H](C)c2ccc3cc(OC)ccc3c2)c(=O)[nH]c1=O. The summed E-state index contributed by atoms with van der Waals surface area (Å²) in [5.74, 6) is -0.00541. The minimum atomic E-state index is -0.659. The van der Waals surface area contributed by atoms with Gasteiger partial charge in [0, 0.05) is 13.1 Å². The van der Waals surface area contributed by atoms with Crippen molar-refractivity contribution in [1.82, 2.24) is 9.55 Å². The second kappa shape index (κ2) is 9.72. The monoisotopic (exact) mass is 438 g/mol. The van der Waals surface area contributed by atoms with Gasteiger partial charge in [-0.25, -0.2) is 4.79 Å². The number of methoxy groups -OCH3 is 1. The molecule has 32 heavy (non-hydrogen) atoms. The third-order valence-corrected chi connectivity index (χ3v) is 5.74. The number of nitrogens with zero attached hydrogens (tertiary/aromatic N) is 2. The van der Waals surface area contributed by atoms with Crippen LogP contribution < -0.4 is 26.6 Å². The van der Waals surface area contributed by atoms with E-state index >= 15 is 0 Å². The number of amides is 1. The molecule has 3 aromatic rings. The Labute approximate surface area is 186 Å². The van der Waals surface area contributed by atoms with Gasteiger partial charge in [0.1, 0.15) is 11.6 Å². The zero-order valence-corrected chi connectivity index (χ0v) is 19.0. The number of likely N-dealkylation sites (N-methyl/N-ethyl adjacent to an activating group) is 1. The van der Waals surface area contributed by atoms with Crippen molar-refractivity contribution in [3.8, 4) is 5.75 Å². The van der Waals surface area contributed by atoms with Crippen molar-refractivity contribution in [2.24, 2.45) is 0 Å². The molecule has 0 spiro atoms. The standard InChI is InChI=1S/C24H30N4O4/c1-5-7-12-28-21(25)20(22(29)26-24(28)31)27(6-2)23(30)15(3)16-8-9-18-14-19(32-4)11-10-17(18)13-16/h8-11,13-15H,5-7,12,25H2,1-4H3,(H,26,29,31)/t15-/m0/s1. The van der Waals surface area contributed by atoms with E-state index in [0.717, 1.165) is 34.9 Å². The smallest absolute Gasteiger partial charge is 0.330 e. The van der Waals surface area contributed by atoms with E-state index in [1.807, 2.05) is 43.3 Å². The molecule has 1 aromatic heterocycles. The number of carbonyl (C=O) groups is 1. The number of fused-ring (bicyclic) bond motifs is 1. The molecule has 1 heterocycles. The molecule has 0 saturated carbocycles. The van der Waals surface area contributed by atoms with Crippen LogP contribution in [-0.4, -0.2) is 29.1 Å². The first-order valence-electron chi connectivity index (χ1n) is 10.8. The van der Waals surface area contributed by atoms with Gasteiger partial charge in [-0.15, -0.1) is 0 Å². The molecular formula is C24H30N4O4. The quantitative estimate of drug-likeness (QED) is 0.561. The molecule has 1 atom stereocenters. The summed E-state index contributed by atoms with van der Waals surface area (Å²) in [5, 5.41) is 1.99. The third kappa shape index (κ3) is 4.39. The van der Waals surface area contributed by atoms with E-state index in [1.165, 1.54) is 9.47 Å². The summed E-state index contributed by atoms with van der Waals surface area (Å²) in [7, 11) is 1.62. The first-order chi connectivity index (χ1) is 15.3. The van der Waals surface area contributed by atoms with Crippen LogP contribution in [0.25, 0.3) is 10.8 Å². The van der Waals surface area contributed by atoms with Gasteiger partial charge in [0.15, 0.2) is 5.69 Å². The molecular weight excluding hydrogens is 408 g/mol. The number of nitrogens with two attached hydrogens (primary N) is 1. The number of aromatic nitrogens is 2. The van der Waals surface area contributed by atoms with Gasteiger partial charge in [0.25, 0.3) is 5.56 Å². The van der Waals surface area contributed by atoms with Gasteiger partial charge in [-0.2, -0.15) is 0 Å². The lowest BCUT2D eigenvalue weighted by molar-refractivity contribution is -0.119. The van der Waals surface area contributed by atoms with Gasteiger partial charge in [-0.05, 0) is 48.7 Å². The number of rotatable bonds is 8. The summed E-state index contributed by atoms with van der Waals surface area (Å²) in [5.41, 5.74) is 5.83. The minimum Gasteiger partial charge on any atom is -0.497 e. The van der Waals surface area contributed by atoms with Gasteiger partial charge < -0.3 is 15.4 Å². The number of ether oxygens (including phenoxy) is 1. The number of aromatic amines is 1. The third-order valence-electron chi connectivity index (χ3n) is 5.74. The van der Waals surface area contributed by atoms with Gasteiger partial charge >= 0.3 is 5.69 Å². The molecule has 0 saturated heterocycles. The number of carbonyl (C=O) groups excluding carboxylic acids is 1. The summed E-state index contributed by atoms with van der Waals surface area (Å²) >= 11 is 0. The van der Waals surface area contributed by atoms with Gasteiger partial charge in [-0.1, -0.05) is 37.6 Å². The number of benzene rings is 2. The fraction of sp³-hybridized carbons (Fsp3) is 0.375. The highest BCUT2D eigenvalue weighted by molar-refractivity contribution is 6.00. The number of hydrogen-bond acceptors (Lipinski definition) is 5. The Kier molecular flexibility index (Phi) is 7.02. The second-order valence-corrected chi connectivity index (χ2v) is 7.78. The number of anilines is 2. The van der Waals surface area contributed by atoms with Crippen LogP contribution in [0.5, 0.6) is 5.75 Å². The van der Waals surface area contributed by atoms with Crippen LogP contribution in [0.1, 0.15) is 45.1 Å². The Morgan fingerprint density at radius 1 is 1.16 bits per heavy atom. The summed E-state index contributed by atoms with van der Waals surface area (Å²) in [4.78, 5) is 42.0. The van der Waals surface area contributed by atoms with E-state index in [4.69, 9.17) is 10.5 Å². The predicted molar refractivity (Wildman–Crippen MR) is 128 cm³/mol. The molecule has 0 radical (unpaired) electrons. The van der Waals surface area contributed by atoms with Crippen molar-refractivity contribution in [2.45, 2.75) is 46.1 Å². The minimum absolute atomic E-state index is 0.0141. The molecule has 170 valence electrons. The largest absolute Gasteiger partial charge is 0.497 e. The lowest BCUT2D eigenvalue weighted by Crippen LogP contribution is -2.42. The molecule has 8 heteroatoms. The van der Waals surface area contributed by atoms with Gasteiger partial charge in [0.05, 0.1) is 13.0 Å². The van der Waals surface area contributed by atoms with E-state index in [-0.39, 0.29) is 24.0 Å². The van der Waals surface area contributed by atoms with Crippen LogP contribution in [0.3, 0.4) is 0 Å². The van der Waals surface area contributed by atoms with Gasteiger partial charge in [-0.3, -0.25) is 19.1 Å². The van der Waals surface area contributed by atoms with E-state index in [2.05, 4.69) is 4.98 Å². The van der Waals surface area contributed by atoms with E-state index in [1.54, 1.807) is 21.0 Å². The first-order valence-corrected chi connectivity index (χ1v) is 10.8. The molecule has 3 rings (SSSR count). The highest BCUT2D eigenvalue weighted by Crippen LogP contribution is 2.28. The maximum absolute atomic E-state index is 13.4. The molecule has 3 N–H and O–H groups in total. The van der Waals surface area contributed by atoms with Crippen molar-refractivity contribution < 1.29 is 9.53 Å². The molecule has 0 aliphatic heterocycles. The van der Waals surface area contributed by atoms with Crippen LogP contribution in [0, 0.1) is 0 Å². The zero-order chi connectivity index (χ0) is 23.4. The maximum Gasteiger partial charge on any atom is 0.330 e. The van der Waals surface area contributed by atoms with Crippen molar-refractivity contribution in [1.29, 1.82) is 0 Å². The van der Waals surface area contributed by atoms with E-state index in [9.17, 15) is 14.4 Å². The van der Waals surface area contributed by atoms with Crippen LogP contribution in [0.15, 0.2) is 46.0 Å². The Bertz CT molecular complexity index is 1240. The highest BCUT2D eigenvalue weighted by atomic mass is 16.5. The van der Waals surface area contributed by atoms with Crippen molar-refractivity contribution in [3.05, 3.63) is 62.8 Å². The molecule has 0 unspecified atom stereocenters. The summed E-state index contributed by atoms with van der Waals surface area (Å²) in [6, 6.07) is 11.5. The normalized spacial score (nSPS) is 12.0. The average Bonchev–Trinajstić information content (AvgIpc) is 2.79. The first kappa shape index (κ1) is 23.1. The molecule has 0 bridgehead atoms. The summed E-state index contributed by atoms with van der Waals surface area (Å²) in [6.45, 7) is 6.19. The maximum atomic E-state index is 13.4. The predicted octanol–water partition coefficient (Wildman–Crippen LogP) is 3.24. The fourth-order valence-electron chi connectivity index (χ4n) is 3.82. The Morgan fingerprint density at radius 2 is 1.84 bits per heavy atom. The van der Waals surface area contributed by atoms with E-state index < -0.39 is 17.2 Å². The summed E-state index contributed by atoms with van der Waals surface area (Å²) < 4.78 is 6.59. The topological polar surface area (TPSA) is 110 Å². The Balaban J connectivity index is 1.99. The molecule has 1 amide bonds. The lowest BCUT2D eigenvalue weighted by atomic mass is 9.96. The Hall–Kier alpha value is -3.55. The van der Waals surface area contributed by atoms with Crippen LogP contribution in [0.2, 0.25) is 0 Å². The number of hydrogen-bond donors (Lipinski definition) is 2. The Morgan fingerprint density at radius 3 is 2.50 bits per heavy atom. The number of unbranched alkanes of at least 4 members (excludes halogenated alkanes) is 1. The average molecular weight is 439 g/mol. The van der Waals surface area contributed by atoms with E-state index in [0.29, 0.717) is 6.54 Å². The van der Waals surface area contributed by atoms with Crippen molar-refractivity contribution in [2.75, 3.05) is 24.3 Å². The lowest BCUT2D eigenvalue weighted by Gasteiger charge is -2.26. The molecule has 2 aromatic carbocycles. The highest BCUT2D eigenvalue weighted by Gasteiger charge is 2.27. The van der Waals surface area contributed by atoms with Crippen LogP contribution in [0.4, 0.5) is 11.5 Å². The zero-order valence-electron chi connectivity index (χ0n) is 19.0. The van der Waals surface area contributed by atoms with Crippen molar-refractivity contribution >= 4 is 28.2 Å². The number of nitrogens with one attached hydrogen (secondary N) is 1. The van der Waals surface area contributed by atoms with Crippen LogP contribution >= 0.6 is 0 Å². The molecule has 0 aliphatic carbocycles. The molecule has 0 fully saturated rings. The van der Waals surface area contributed by atoms with Crippen LogP contribution in [-0.2, 0) is 11.3 Å². The van der Waals surface area contributed by atoms with Crippen molar-refractivity contribution in [3.63, 3.8) is 0 Å². The summed E-state index contributed by atoms with van der Waals surface area (Å²) in [6.07, 6.45) is 1.59. The molecule has 0 aliphatic rings. The molecule has 8 nitrogen and oxygen atoms in total. The number of nitrogen functional groups attached to an aromatic ring is 1. The van der Waals surface area contributed by atoms with Gasteiger partial charge in [0.2, 0.25) is 5.91 Å². The number of H-pyrrole nitrogens is 1. The fourth-order valence-corrected chi connectivity index (χ4v) is 3.82. The second-order valence-electron chi connectivity index (χ2n) is 7.78.